The van der Waals surface area contributed by atoms with Gasteiger partial charge in [0.1, 0.15) is 0 Å². The topological polar surface area (TPSA) is 78.5 Å². The van der Waals surface area contributed by atoms with Crippen molar-refractivity contribution in [3.8, 4) is 0 Å². The number of anilines is 1. The number of nitrogens with one attached hydrogen (secondary N) is 2. The van der Waals surface area contributed by atoms with E-state index < -0.39 is 16.2 Å². The molecule has 0 radical (unpaired) electrons. The van der Waals surface area contributed by atoms with Gasteiger partial charge < -0.3 is 5.32 Å². The van der Waals surface area contributed by atoms with Crippen LogP contribution in [-0.2, 0) is 10.2 Å². The van der Waals surface area contributed by atoms with Crippen LogP contribution in [0.5, 0.6) is 0 Å². The van der Waals surface area contributed by atoms with E-state index in [9.17, 15) is 13.2 Å². The Morgan fingerprint density at radius 3 is 1.93 bits per heavy atom. The lowest BCUT2D eigenvalue weighted by Crippen LogP contribution is -2.52. The summed E-state index contributed by atoms with van der Waals surface area (Å²) in [6.45, 7) is 11.9. The van der Waals surface area contributed by atoms with Crippen LogP contribution in [0.2, 0.25) is 0 Å². The van der Waals surface area contributed by atoms with Crippen molar-refractivity contribution in [2.45, 2.75) is 97.6 Å². The molecule has 0 heterocycles. The average Bonchev–Trinajstić information content (AvgIpc) is 2.61. The molecular weight excluding hydrogens is 386 g/mol. The van der Waals surface area contributed by atoms with Crippen LogP contribution < -0.4 is 10.0 Å². The summed E-state index contributed by atoms with van der Waals surface area (Å²) >= 11 is 0. The smallest absolute Gasteiger partial charge is 0.307 e. The summed E-state index contributed by atoms with van der Waals surface area (Å²) in [5.74, 6) is 0.407. The number of hydrogen-bond acceptors (Lipinski definition) is 3. The van der Waals surface area contributed by atoms with Crippen molar-refractivity contribution in [3.63, 3.8) is 0 Å². The third kappa shape index (κ3) is 5.95. The van der Waals surface area contributed by atoms with Crippen LogP contribution in [0.4, 0.5) is 10.5 Å². The van der Waals surface area contributed by atoms with E-state index >= 15 is 0 Å². The van der Waals surface area contributed by atoms with Crippen LogP contribution in [-0.4, -0.2) is 30.8 Å². The molecule has 0 saturated heterocycles. The van der Waals surface area contributed by atoms with Gasteiger partial charge in [-0.25, -0.2) is 9.52 Å². The number of carbonyl (C=O) groups is 1. The molecule has 0 unspecified atom stereocenters. The Hall–Kier alpha value is -1.60. The highest BCUT2D eigenvalue weighted by Crippen LogP contribution is 2.32. The van der Waals surface area contributed by atoms with Gasteiger partial charge in [-0.1, -0.05) is 65.2 Å². The molecule has 2 rings (SSSR count). The molecule has 164 valence electrons. The molecule has 7 heteroatoms. The maximum atomic E-state index is 13.1. The summed E-state index contributed by atoms with van der Waals surface area (Å²) in [6.07, 6.45) is 4.87. The van der Waals surface area contributed by atoms with Gasteiger partial charge in [0.15, 0.2) is 0 Å². The van der Waals surface area contributed by atoms with Crippen molar-refractivity contribution in [2.75, 3.05) is 5.32 Å². The highest BCUT2D eigenvalue weighted by atomic mass is 32.2. The minimum Gasteiger partial charge on any atom is -0.307 e. The molecule has 1 fully saturated rings. The van der Waals surface area contributed by atoms with Gasteiger partial charge in [0, 0.05) is 17.8 Å². The molecule has 2 amide bonds. The molecule has 0 aliphatic heterocycles. The Morgan fingerprint density at radius 1 is 0.966 bits per heavy atom. The average molecular weight is 424 g/mol. The van der Waals surface area contributed by atoms with Crippen LogP contribution in [0.3, 0.4) is 0 Å². The van der Waals surface area contributed by atoms with Crippen molar-refractivity contribution in [1.29, 1.82) is 0 Å². The predicted molar refractivity (Wildman–Crippen MR) is 120 cm³/mol. The molecule has 0 aromatic heterocycles. The molecule has 1 saturated carbocycles. The van der Waals surface area contributed by atoms with Crippen molar-refractivity contribution >= 4 is 21.9 Å². The predicted octanol–water partition coefficient (Wildman–Crippen LogP) is 5.34. The van der Waals surface area contributed by atoms with E-state index in [0.29, 0.717) is 5.69 Å². The zero-order chi connectivity index (χ0) is 21.8. The molecule has 29 heavy (non-hydrogen) atoms. The van der Waals surface area contributed by atoms with E-state index in [-0.39, 0.29) is 23.9 Å². The normalized spacial score (nSPS) is 16.1. The minimum atomic E-state index is -3.94. The summed E-state index contributed by atoms with van der Waals surface area (Å²) in [4.78, 5) is 12.8. The van der Waals surface area contributed by atoms with Gasteiger partial charge in [0.25, 0.3) is 0 Å². The van der Waals surface area contributed by atoms with Crippen LogP contribution in [0.1, 0.15) is 96.6 Å². The largest absolute Gasteiger partial charge is 0.333 e. The fourth-order valence-corrected chi connectivity index (χ4v) is 5.78. The second-order valence-corrected chi connectivity index (χ2v) is 10.5. The van der Waals surface area contributed by atoms with E-state index in [1.54, 1.807) is 0 Å². The number of rotatable bonds is 7. The summed E-state index contributed by atoms with van der Waals surface area (Å²) in [7, 11) is -3.94. The Labute approximate surface area is 176 Å². The molecule has 0 bridgehead atoms. The van der Waals surface area contributed by atoms with Gasteiger partial charge in [-0.05, 0) is 49.7 Å². The van der Waals surface area contributed by atoms with Crippen molar-refractivity contribution < 1.29 is 13.2 Å². The Balaban J connectivity index is 2.25. The number of benzene rings is 1. The van der Waals surface area contributed by atoms with Crippen LogP contribution in [0.25, 0.3) is 0 Å². The number of amides is 2. The second kappa shape index (κ2) is 9.94. The third-order valence-corrected chi connectivity index (χ3v) is 7.27. The van der Waals surface area contributed by atoms with Gasteiger partial charge in [0.05, 0.1) is 0 Å². The number of urea groups is 1. The maximum absolute atomic E-state index is 13.1. The van der Waals surface area contributed by atoms with E-state index in [2.05, 4.69) is 37.7 Å². The maximum Gasteiger partial charge on any atom is 0.333 e. The quantitative estimate of drug-likeness (QED) is 0.621. The first-order chi connectivity index (χ1) is 13.5. The number of para-hydroxylation sites is 1. The monoisotopic (exact) mass is 423 g/mol. The molecule has 1 aliphatic rings. The molecule has 2 N–H and O–H groups in total. The highest BCUT2D eigenvalue weighted by molar-refractivity contribution is 7.87. The lowest BCUT2D eigenvalue weighted by atomic mass is 9.93. The molecule has 1 aliphatic carbocycles. The van der Waals surface area contributed by atoms with Gasteiger partial charge in [0.2, 0.25) is 0 Å². The lowest BCUT2D eigenvalue weighted by molar-refractivity contribution is 0.216. The van der Waals surface area contributed by atoms with E-state index in [0.717, 1.165) is 43.2 Å². The summed E-state index contributed by atoms with van der Waals surface area (Å²) in [6, 6.07) is 4.96. The molecule has 0 spiro atoms. The van der Waals surface area contributed by atoms with Crippen molar-refractivity contribution in [2.24, 2.45) is 0 Å². The van der Waals surface area contributed by atoms with Crippen molar-refractivity contribution in [3.05, 3.63) is 29.3 Å². The summed E-state index contributed by atoms with van der Waals surface area (Å²) in [5.41, 5.74) is 2.70. The van der Waals surface area contributed by atoms with E-state index in [1.165, 1.54) is 4.31 Å². The molecule has 0 atom stereocenters. The van der Waals surface area contributed by atoms with Crippen LogP contribution in [0.15, 0.2) is 18.2 Å². The summed E-state index contributed by atoms with van der Waals surface area (Å²) < 4.78 is 29.9. The second-order valence-electron chi connectivity index (χ2n) is 8.90. The van der Waals surface area contributed by atoms with Gasteiger partial charge in [-0.15, -0.1) is 0 Å². The number of hydrogen-bond donors (Lipinski definition) is 2. The standard InChI is InChI=1S/C22H37N3O3S/c1-15(2)19-13-10-14-20(16(3)4)21(19)23-22(26)24-29(27,28)25(17(5)6)18-11-8-7-9-12-18/h10,13-18H,7-9,11-12H2,1-6H3,(H2,23,24,26). The fraction of sp³-hybridized carbons (Fsp3) is 0.682. The van der Waals surface area contributed by atoms with Crippen molar-refractivity contribution in [1.82, 2.24) is 9.03 Å². The molecular formula is C22H37N3O3S. The van der Waals surface area contributed by atoms with Gasteiger partial charge in [-0.3, -0.25) is 0 Å². The van der Waals surface area contributed by atoms with E-state index in [1.807, 2.05) is 32.0 Å². The SMILES string of the molecule is CC(C)c1cccc(C(C)C)c1NC(=O)NS(=O)(=O)N(C(C)C)C1CCCCC1. The minimum absolute atomic E-state index is 0.0526. The Morgan fingerprint density at radius 2 is 1.48 bits per heavy atom. The molecule has 6 nitrogen and oxygen atoms in total. The Bertz CT molecular complexity index is 771. The van der Waals surface area contributed by atoms with Gasteiger partial charge >= 0.3 is 16.2 Å². The Kier molecular flexibility index (Phi) is 8.11. The zero-order valence-electron chi connectivity index (χ0n) is 18.7. The first kappa shape index (κ1) is 23.7. The zero-order valence-corrected chi connectivity index (χ0v) is 19.5. The first-order valence-electron chi connectivity index (χ1n) is 10.8. The number of nitrogens with zero attached hydrogens (tertiary/aromatic N) is 1. The fourth-order valence-electron chi connectivity index (χ4n) is 4.24. The number of carbonyl (C=O) groups excluding carboxylic acids is 1. The van der Waals surface area contributed by atoms with E-state index in [4.69, 9.17) is 0 Å². The third-order valence-electron chi connectivity index (χ3n) is 5.55. The van der Waals surface area contributed by atoms with Crippen LogP contribution >= 0.6 is 0 Å². The summed E-state index contributed by atoms with van der Waals surface area (Å²) in [5, 5.41) is 2.84. The molecule has 1 aromatic rings. The highest BCUT2D eigenvalue weighted by Gasteiger charge is 2.34. The lowest BCUT2D eigenvalue weighted by Gasteiger charge is -2.35. The van der Waals surface area contributed by atoms with Crippen LogP contribution in [0, 0.1) is 0 Å². The van der Waals surface area contributed by atoms with Gasteiger partial charge in [-0.2, -0.15) is 12.7 Å². The molecule has 1 aromatic carbocycles. The first-order valence-corrected chi connectivity index (χ1v) is 12.2.